The molecule has 3 heterocycles. The molecular formula is C26H35F3N5O4+. The first-order valence-corrected chi connectivity index (χ1v) is 12.9. The Labute approximate surface area is 219 Å². The molecule has 0 radical (unpaired) electrons. The van der Waals surface area contributed by atoms with Gasteiger partial charge in [-0.1, -0.05) is 26.0 Å². The third-order valence-corrected chi connectivity index (χ3v) is 8.07. The van der Waals surface area contributed by atoms with E-state index < -0.39 is 46.2 Å². The van der Waals surface area contributed by atoms with Crippen LogP contribution in [0.25, 0.3) is 10.9 Å². The van der Waals surface area contributed by atoms with Gasteiger partial charge in [-0.2, -0.15) is 14.1 Å². The van der Waals surface area contributed by atoms with Gasteiger partial charge in [0.05, 0.1) is 18.5 Å². The molecule has 2 fully saturated rings. The highest BCUT2D eigenvalue weighted by Crippen LogP contribution is 2.41. The van der Waals surface area contributed by atoms with Gasteiger partial charge in [0.25, 0.3) is 0 Å². The number of nitrogens with zero attached hydrogens (tertiary/aromatic N) is 4. The topological polar surface area (TPSA) is 93.5 Å². The van der Waals surface area contributed by atoms with Crippen LogP contribution in [0.2, 0.25) is 0 Å². The van der Waals surface area contributed by atoms with Crippen molar-refractivity contribution in [1.82, 2.24) is 14.5 Å². The highest BCUT2D eigenvalue weighted by molar-refractivity contribution is 5.89. The SMILES string of the molecule is COC(=O)C1CN(C(C)C)CCC1[N+]1(Nc2c3ccccc3nc(=O)n2C(F)(F)F)CCC(C(C)C)C1=O. The van der Waals surface area contributed by atoms with Crippen molar-refractivity contribution in [2.24, 2.45) is 17.8 Å². The molecule has 1 amide bonds. The average molecular weight is 539 g/mol. The summed E-state index contributed by atoms with van der Waals surface area (Å²) in [5.74, 6) is -2.62. The number of methoxy groups -OCH3 is 1. The summed E-state index contributed by atoms with van der Waals surface area (Å²) in [4.78, 5) is 45.7. The van der Waals surface area contributed by atoms with E-state index in [4.69, 9.17) is 4.74 Å². The molecule has 2 aliphatic heterocycles. The number of fused-ring (bicyclic) bond motifs is 1. The van der Waals surface area contributed by atoms with Gasteiger partial charge < -0.3 is 4.74 Å². The van der Waals surface area contributed by atoms with E-state index >= 15 is 0 Å². The Morgan fingerprint density at radius 3 is 2.42 bits per heavy atom. The number of amides is 1. The summed E-state index contributed by atoms with van der Waals surface area (Å²) >= 11 is 0. The number of aromatic nitrogens is 2. The minimum Gasteiger partial charge on any atom is -0.469 e. The second kappa shape index (κ2) is 10.3. The number of carbonyl (C=O) groups is 2. The van der Waals surface area contributed by atoms with Gasteiger partial charge in [0.2, 0.25) is 0 Å². The second-order valence-corrected chi connectivity index (χ2v) is 10.8. The van der Waals surface area contributed by atoms with Crippen molar-refractivity contribution in [3.8, 4) is 0 Å². The summed E-state index contributed by atoms with van der Waals surface area (Å²) in [7, 11) is 1.27. The number of quaternary nitrogens is 1. The van der Waals surface area contributed by atoms with Crippen molar-refractivity contribution in [3.63, 3.8) is 0 Å². The van der Waals surface area contributed by atoms with E-state index in [0.717, 1.165) is 0 Å². The lowest BCUT2D eigenvalue weighted by Gasteiger charge is -2.47. The third kappa shape index (κ3) is 4.79. The van der Waals surface area contributed by atoms with E-state index in [9.17, 15) is 27.6 Å². The average Bonchev–Trinajstić information content (AvgIpc) is 3.18. The number of hydrogen-bond acceptors (Lipinski definition) is 7. The van der Waals surface area contributed by atoms with Crippen LogP contribution in [0.1, 0.15) is 40.5 Å². The Balaban J connectivity index is 1.94. The Hall–Kier alpha value is -2.99. The molecule has 1 N–H and O–H groups in total. The molecule has 4 unspecified atom stereocenters. The molecule has 2 aliphatic rings. The Morgan fingerprint density at radius 2 is 1.84 bits per heavy atom. The quantitative estimate of drug-likeness (QED) is 0.445. The number of likely N-dealkylation sites (tertiary alicyclic amines) is 2. The molecule has 1 aromatic heterocycles. The zero-order chi connectivity index (χ0) is 28.0. The Morgan fingerprint density at radius 1 is 1.16 bits per heavy atom. The predicted octanol–water partition coefficient (Wildman–Crippen LogP) is 3.49. The van der Waals surface area contributed by atoms with Crippen LogP contribution in [-0.2, 0) is 20.6 Å². The first-order valence-electron chi connectivity index (χ1n) is 12.9. The van der Waals surface area contributed by atoms with Gasteiger partial charge in [-0.3, -0.25) is 9.69 Å². The molecular weight excluding hydrogens is 503 g/mol. The lowest BCUT2D eigenvalue weighted by atomic mass is 9.88. The normalized spacial score (nSPS) is 26.9. The number of alkyl halides is 3. The Bertz CT molecular complexity index is 1280. The lowest BCUT2D eigenvalue weighted by Crippen LogP contribution is -2.68. The molecule has 0 spiro atoms. The summed E-state index contributed by atoms with van der Waals surface area (Å²) in [6.07, 6.45) is -4.29. The van der Waals surface area contributed by atoms with E-state index in [2.05, 4.69) is 15.3 Å². The molecule has 2 aromatic rings. The molecule has 2 saturated heterocycles. The summed E-state index contributed by atoms with van der Waals surface area (Å²) in [5, 5.41) is 0.0527. The maximum Gasteiger partial charge on any atom is 0.494 e. The molecule has 0 bridgehead atoms. The number of halogens is 3. The van der Waals surface area contributed by atoms with Gasteiger partial charge >= 0.3 is 23.9 Å². The second-order valence-electron chi connectivity index (χ2n) is 10.8. The molecule has 1 aromatic carbocycles. The van der Waals surface area contributed by atoms with Crippen LogP contribution in [-0.4, -0.2) is 69.7 Å². The van der Waals surface area contributed by atoms with Crippen LogP contribution < -0.4 is 11.1 Å². The fraction of sp³-hybridized carbons (Fsp3) is 0.615. The number of ether oxygens (including phenoxy) is 1. The molecule has 4 rings (SSSR count). The van der Waals surface area contributed by atoms with Gasteiger partial charge in [-0.15, -0.1) is 13.2 Å². The number of rotatable bonds is 6. The number of esters is 1. The van der Waals surface area contributed by atoms with E-state index in [1.54, 1.807) is 12.1 Å². The fourth-order valence-corrected chi connectivity index (χ4v) is 6.03. The molecule has 0 saturated carbocycles. The summed E-state index contributed by atoms with van der Waals surface area (Å²) < 4.78 is 47.1. The zero-order valence-electron chi connectivity index (χ0n) is 22.3. The monoisotopic (exact) mass is 538 g/mol. The molecule has 208 valence electrons. The van der Waals surface area contributed by atoms with Gasteiger partial charge in [0, 0.05) is 37.4 Å². The van der Waals surface area contributed by atoms with E-state index in [-0.39, 0.29) is 39.9 Å². The van der Waals surface area contributed by atoms with E-state index in [1.165, 1.54) is 19.2 Å². The predicted molar refractivity (Wildman–Crippen MR) is 135 cm³/mol. The highest BCUT2D eigenvalue weighted by atomic mass is 19.4. The molecule has 0 aliphatic carbocycles. The number of piperidine rings is 1. The van der Waals surface area contributed by atoms with E-state index in [1.807, 2.05) is 27.7 Å². The number of para-hydroxylation sites is 1. The Kier molecular flexibility index (Phi) is 7.59. The lowest BCUT2D eigenvalue weighted by molar-refractivity contribution is -0.856. The fourth-order valence-electron chi connectivity index (χ4n) is 6.03. The molecule has 12 heteroatoms. The number of anilines is 1. The molecule has 9 nitrogen and oxygen atoms in total. The number of carbonyl (C=O) groups excluding carboxylic acids is 2. The summed E-state index contributed by atoms with van der Waals surface area (Å²) in [6, 6.07) is 5.44. The van der Waals surface area contributed by atoms with E-state index in [0.29, 0.717) is 25.9 Å². The first-order chi connectivity index (χ1) is 17.8. The maximum atomic E-state index is 14.3. The largest absolute Gasteiger partial charge is 0.494 e. The minimum absolute atomic E-state index is 0.0527. The highest BCUT2D eigenvalue weighted by Gasteiger charge is 2.60. The van der Waals surface area contributed by atoms with Crippen LogP contribution in [0, 0.1) is 17.8 Å². The van der Waals surface area contributed by atoms with Gasteiger partial charge in [-0.25, -0.2) is 15.0 Å². The van der Waals surface area contributed by atoms with Crippen LogP contribution >= 0.6 is 0 Å². The van der Waals surface area contributed by atoms with Crippen LogP contribution in [0.15, 0.2) is 29.1 Å². The van der Waals surface area contributed by atoms with Gasteiger partial charge in [0.1, 0.15) is 18.5 Å². The van der Waals surface area contributed by atoms with Crippen molar-refractivity contribution in [2.75, 3.05) is 32.2 Å². The van der Waals surface area contributed by atoms with Crippen molar-refractivity contribution in [3.05, 3.63) is 34.7 Å². The van der Waals surface area contributed by atoms with Crippen LogP contribution in [0.3, 0.4) is 0 Å². The minimum atomic E-state index is -5.09. The number of hydrogen-bond donors (Lipinski definition) is 1. The van der Waals surface area contributed by atoms with Gasteiger partial charge in [0.15, 0.2) is 5.82 Å². The third-order valence-electron chi connectivity index (χ3n) is 8.07. The first kappa shape index (κ1) is 28.0. The summed E-state index contributed by atoms with van der Waals surface area (Å²) in [5.41, 5.74) is 1.51. The van der Waals surface area contributed by atoms with Crippen molar-refractivity contribution < 1.29 is 32.1 Å². The van der Waals surface area contributed by atoms with Crippen molar-refractivity contribution in [2.45, 2.75) is 58.9 Å². The van der Waals surface area contributed by atoms with Crippen LogP contribution in [0.5, 0.6) is 0 Å². The number of benzene rings is 1. The smallest absolute Gasteiger partial charge is 0.469 e. The maximum absolute atomic E-state index is 14.3. The standard InChI is InChI=1S/C26H34F3N5O4/c1-15(2)17-11-13-34(23(17)35,21-10-12-32(16(3)4)14-19(21)24(36)38-5)31-22-18-8-6-7-9-20(18)30-25(37)33(22)26(27,28)29/h6-9,15-17,19,21H,10-14H2,1-5H3/p+1. The number of nitrogens with one attached hydrogen (secondary N) is 1. The molecule has 38 heavy (non-hydrogen) atoms. The van der Waals surface area contributed by atoms with Crippen molar-refractivity contribution >= 4 is 28.6 Å². The van der Waals surface area contributed by atoms with Crippen LogP contribution in [0.4, 0.5) is 19.0 Å². The zero-order valence-corrected chi connectivity index (χ0v) is 22.3. The summed E-state index contributed by atoms with van der Waals surface area (Å²) in [6.45, 7) is 8.82. The molecule has 4 atom stereocenters. The van der Waals surface area contributed by atoms with Gasteiger partial charge in [-0.05, 0) is 31.9 Å². The van der Waals surface area contributed by atoms with Crippen molar-refractivity contribution in [1.29, 1.82) is 0 Å².